The normalized spacial score (nSPS) is 20.7. The number of likely N-dealkylation sites (tertiary alicyclic amines) is 1. The second-order valence-electron chi connectivity index (χ2n) is 7.21. The molecule has 27 heavy (non-hydrogen) atoms. The van der Waals surface area contributed by atoms with Crippen LogP contribution in [0.3, 0.4) is 0 Å². The molecule has 3 heterocycles. The third-order valence-electron chi connectivity index (χ3n) is 5.22. The van der Waals surface area contributed by atoms with Crippen molar-refractivity contribution in [3.05, 3.63) is 12.1 Å². The molecule has 1 unspecified atom stereocenters. The summed E-state index contributed by atoms with van der Waals surface area (Å²) < 4.78 is 12.0. The number of benzene rings is 1. The highest BCUT2D eigenvalue weighted by Gasteiger charge is 2.23. The second kappa shape index (κ2) is 7.90. The summed E-state index contributed by atoms with van der Waals surface area (Å²) in [5.74, 6) is 1.28. The zero-order chi connectivity index (χ0) is 18.8. The van der Waals surface area contributed by atoms with Crippen molar-refractivity contribution >= 4 is 38.4 Å². The number of fused-ring (bicyclic) bond motifs is 1. The molecule has 8 heteroatoms. The lowest BCUT2D eigenvalue weighted by Crippen LogP contribution is -2.41. The highest BCUT2D eigenvalue weighted by Crippen LogP contribution is 2.39. The molecule has 2 fully saturated rings. The third kappa shape index (κ3) is 3.82. The maximum absolute atomic E-state index is 12.7. The Bertz CT molecular complexity index is 819. The van der Waals surface area contributed by atoms with Crippen LogP contribution in [0.15, 0.2) is 12.1 Å². The topological polar surface area (TPSA) is 66.9 Å². The Morgan fingerprint density at radius 1 is 1.33 bits per heavy atom. The number of morpholine rings is 1. The Balaban J connectivity index is 1.61. The van der Waals surface area contributed by atoms with Crippen LogP contribution in [0.4, 0.5) is 15.6 Å². The predicted octanol–water partition coefficient (Wildman–Crippen LogP) is 3.41. The van der Waals surface area contributed by atoms with Gasteiger partial charge in [0.1, 0.15) is 11.3 Å². The molecule has 0 saturated carbocycles. The highest BCUT2D eigenvalue weighted by molar-refractivity contribution is 7.23. The minimum atomic E-state index is -0.0625. The minimum Gasteiger partial charge on any atom is -0.494 e. The van der Waals surface area contributed by atoms with E-state index in [-0.39, 0.29) is 6.03 Å². The fourth-order valence-electron chi connectivity index (χ4n) is 3.79. The maximum Gasteiger partial charge on any atom is 0.323 e. The lowest BCUT2D eigenvalue weighted by atomic mass is 10.0. The van der Waals surface area contributed by atoms with Gasteiger partial charge in [0.15, 0.2) is 5.13 Å². The fraction of sp³-hybridized carbons (Fsp3) is 0.579. The molecule has 0 aliphatic carbocycles. The molecule has 2 saturated heterocycles. The van der Waals surface area contributed by atoms with Gasteiger partial charge in [0, 0.05) is 26.2 Å². The first-order valence-corrected chi connectivity index (χ1v) is 10.3. The molecule has 0 radical (unpaired) electrons. The van der Waals surface area contributed by atoms with Crippen molar-refractivity contribution in [3.63, 3.8) is 0 Å². The van der Waals surface area contributed by atoms with Gasteiger partial charge in [-0.15, -0.1) is 0 Å². The van der Waals surface area contributed by atoms with Crippen molar-refractivity contribution in [2.75, 3.05) is 56.7 Å². The number of thiazole rings is 1. The van der Waals surface area contributed by atoms with Crippen LogP contribution in [0.5, 0.6) is 5.75 Å². The molecule has 1 aromatic heterocycles. The van der Waals surface area contributed by atoms with Crippen molar-refractivity contribution in [1.82, 2.24) is 9.88 Å². The number of methoxy groups -OCH3 is 1. The van der Waals surface area contributed by atoms with Crippen LogP contribution in [0.1, 0.15) is 19.8 Å². The smallest absolute Gasteiger partial charge is 0.323 e. The number of carbonyl (C=O) groups is 1. The molecule has 4 rings (SSSR count). The average molecular weight is 391 g/mol. The number of rotatable bonds is 3. The van der Waals surface area contributed by atoms with E-state index in [9.17, 15) is 4.79 Å². The number of hydrogen-bond acceptors (Lipinski definition) is 6. The Kier molecular flexibility index (Phi) is 5.36. The van der Waals surface area contributed by atoms with Crippen LogP contribution >= 0.6 is 11.3 Å². The van der Waals surface area contributed by atoms with E-state index < -0.39 is 0 Å². The summed E-state index contributed by atoms with van der Waals surface area (Å²) in [6.45, 7) is 6.96. The van der Waals surface area contributed by atoms with Crippen LogP contribution in [-0.2, 0) is 4.74 Å². The molecule has 1 aromatic carbocycles. The number of hydrogen-bond donors (Lipinski definition) is 1. The number of ether oxygens (including phenoxy) is 2. The van der Waals surface area contributed by atoms with E-state index in [1.54, 1.807) is 7.11 Å². The largest absolute Gasteiger partial charge is 0.494 e. The van der Waals surface area contributed by atoms with Crippen molar-refractivity contribution in [3.8, 4) is 5.75 Å². The van der Waals surface area contributed by atoms with E-state index in [2.05, 4.69) is 28.2 Å². The number of nitrogens with zero attached hydrogens (tertiary/aromatic N) is 3. The van der Waals surface area contributed by atoms with E-state index >= 15 is 0 Å². The Morgan fingerprint density at radius 2 is 2.15 bits per heavy atom. The fourth-order valence-corrected chi connectivity index (χ4v) is 4.80. The van der Waals surface area contributed by atoms with E-state index in [0.29, 0.717) is 11.0 Å². The Morgan fingerprint density at radius 3 is 2.89 bits per heavy atom. The van der Waals surface area contributed by atoms with Gasteiger partial charge in [0.05, 0.1) is 30.7 Å². The first-order chi connectivity index (χ1) is 13.2. The standard InChI is InChI=1S/C19H26N4O3S/c1-13-4-3-7-23(12-13)19(24)21-18-20-16-15(25-2)6-5-14(17(16)27-18)22-8-10-26-11-9-22/h5-6,13H,3-4,7-12H2,1-2H3,(H,20,21,24). The molecule has 146 valence electrons. The van der Waals surface area contributed by atoms with Crippen molar-refractivity contribution < 1.29 is 14.3 Å². The second-order valence-corrected chi connectivity index (χ2v) is 8.21. The van der Waals surface area contributed by atoms with Crippen molar-refractivity contribution in [2.45, 2.75) is 19.8 Å². The van der Waals surface area contributed by atoms with E-state index in [4.69, 9.17) is 9.47 Å². The number of urea groups is 1. The quantitative estimate of drug-likeness (QED) is 0.870. The Hall–Kier alpha value is -2.06. The lowest BCUT2D eigenvalue weighted by molar-refractivity contribution is 0.123. The van der Waals surface area contributed by atoms with Gasteiger partial charge in [-0.05, 0) is 30.9 Å². The lowest BCUT2D eigenvalue weighted by Gasteiger charge is -2.30. The monoisotopic (exact) mass is 390 g/mol. The molecule has 2 aliphatic rings. The van der Waals surface area contributed by atoms with Crippen LogP contribution in [0.2, 0.25) is 0 Å². The summed E-state index contributed by atoms with van der Waals surface area (Å²) in [7, 11) is 1.65. The molecule has 2 aromatic rings. The molecule has 1 N–H and O–H groups in total. The zero-order valence-corrected chi connectivity index (χ0v) is 16.7. The first-order valence-electron chi connectivity index (χ1n) is 9.52. The molecule has 7 nitrogen and oxygen atoms in total. The summed E-state index contributed by atoms with van der Waals surface area (Å²) in [6, 6.07) is 3.96. The minimum absolute atomic E-state index is 0.0625. The number of amides is 2. The van der Waals surface area contributed by atoms with Crippen LogP contribution in [0, 0.1) is 5.92 Å². The van der Waals surface area contributed by atoms with Gasteiger partial charge < -0.3 is 19.3 Å². The van der Waals surface area contributed by atoms with Gasteiger partial charge in [-0.3, -0.25) is 5.32 Å². The van der Waals surface area contributed by atoms with E-state index in [1.807, 2.05) is 11.0 Å². The summed E-state index contributed by atoms with van der Waals surface area (Å²) >= 11 is 1.51. The van der Waals surface area contributed by atoms with Gasteiger partial charge in [-0.1, -0.05) is 18.3 Å². The van der Waals surface area contributed by atoms with Gasteiger partial charge >= 0.3 is 6.03 Å². The summed E-state index contributed by atoms with van der Waals surface area (Å²) in [6.07, 6.45) is 2.24. The third-order valence-corrected chi connectivity index (χ3v) is 6.21. The van der Waals surface area contributed by atoms with Gasteiger partial charge in [0.2, 0.25) is 0 Å². The molecule has 1 atom stereocenters. The van der Waals surface area contributed by atoms with Gasteiger partial charge in [-0.2, -0.15) is 0 Å². The zero-order valence-electron chi connectivity index (χ0n) is 15.9. The van der Waals surface area contributed by atoms with Crippen LogP contribution in [0.25, 0.3) is 10.2 Å². The highest BCUT2D eigenvalue weighted by atomic mass is 32.1. The van der Waals surface area contributed by atoms with Crippen LogP contribution in [-0.4, -0.2) is 62.4 Å². The number of nitrogens with one attached hydrogen (secondary N) is 1. The number of carbonyl (C=O) groups excluding carboxylic acids is 1. The van der Waals surface area contributed by atoms with Crippen molar-refractivity contribution in [2.24, 2.45) is 5.92 Å². The number of anilines is 2. The molecule has 0 spiro atoms. The average Bonchev–Trinajstić information content (AvgIpc) is 3.11. The Labute approximate surface area is 163 Å². The summed E-state index contributed by atoms with van der Waals surface area (Å²) in [5, 5.41) is 3.62. The first kappa shape index (κ1) is 18.3. The van der Waals surface area contributed by atoms with Crippen LogP contribution < -0.4 is 15.0 Å². The van der Waals surface area contributed by atoms with E-state index in [0.717, 1.165) is 67.5 Å². The SMILES string of the molecule is COc1ccc(N2CCOCC2)c2sc(NC(=O)N3CCCC(C)C3)nc12. The molecular weight excluding hydrogens is 364 g/mol. The number of aromatic nitrogens is 1. The molecule has 2 aliphatic heterocycles. The summed E-state index contributed by atoms with van der Waals surface area (Å²) in [4.78, 5) is 21.5. The predicted molar refractivity (Wildman–Crippen MR) is 108 cm³/mol. The van der Waals surface area contributed by atoms with Gasteiger partial charge in [-0.25, -0.2) is 9.78 Å². The number of piperidine rings is 1. The van der Waals surface area contributed by atoms with Crippen molar-refractivity contribution in [1.29, 1.82) is 0 Å². The van der Waals surface area contributed by atoms with Gasteiger partial charge in [0.25, 0.3) is 0 Å². The molecular formula is C19H26N4O3S. The molecule has 0 bridgehead atoms. The maximum atomic E-state index is 12.7. The molecule has 2 amide bonds. The van der Waals surface area contributed by atoms with E-state index in [1.165, 1.54) is 17.8 Å². The summed E-state index contributed by atoms with van der Waals surface area (Å²) in [5.41, 5.74) is 1.92.